The second-order valence-electron chi connectivity index (χ2n) is 8.39. The highest BCUT2D eigenvalue weighted by atomic mass is 19.1. The van der Waals surface area contributed by atoms with Gasteiger partial charge in [0, 0.05) is 13.1 Å². The van der Waals surface area contributed by atoms with Gasteiger partial charge in [-0.25, -0.2) is 4.39 Å². The first-order valence-corrected chi connectivity index (χ1v) is 11.4. The average molecular weight is 479 g/mol. The molecule has 0 heterocycles. The van der Waals surface area contributed by atoms with Crippen molar-refractivity contribution < 1.29 is 23.5 Å². The highest BCUT2D eigenvalue weighted by Gasteiger charge is 2.26. The number of rotatable bonds is 10. The normalized spacial score (nSPS) is 11.5. The Morgan fingerprint density at radius 2 is 1.49 bits per heavy atom. The van der Waals surface area contributed by atoms with Gasteiger partial charge in [0.2, 0.25) is 11.8 Å². The van der Waals surface area contributed by atoms with Crippen molar-refractivity contribution in [3.63, 3.8) is 0 Å². The Kier molecular flexibility index (Phi) is 8.84. The largest absolute Gasteiger partial charge is 0.493 e. The van der Waals surface area contributed by atoms with Gasteiger partial charge in [-0.2, -0.15) is 0 Å². The van der Waals surface area contributed by atoms with E-state index in [1.807, 2.05) is 31.2 Å². The van der Waals surface area contributed by atoms with Gasteiger partial charge in [-0.05, 0) is 54.8 Å². The minimum Gasteiger partial charge on any atom is -0.493 e. The van der Waals surface area contributed by atoms with Gasteiger partial charge in [0.05, 0.1) is 20.6 Å². The maximum absolute atomic E-state index is 13.4. The number of nitrogens with zero attached hydrogens (tertiary/aromatic N) is 1. The summed E-state index contributed by atoms with van der Waals surface area (Å²) in [5, 5.41) is 2.92. The smallest absolute Gasteiger partial charge is 0.242 e. The number of benzene rings is 3. The molecule has 0 saturated heterocycles. The summed E-state index contributed by atoms with van der Waals surface area (Å²) in [6, 6.07) is 18.3. The first-order chi connectivity index (χ1) is 16.8. The molecule has 35 heavy (non-hydrogen) atoms. The van der Waals surface area contributed by atoms with E-state index in [0.717, 1.165) is 22.3 Å². The van der Waals surface area contributed by atoms with Crippen molar-refractivity contribution in [3.05, 3.63) is 94.8 Å². The molecule has 0 aliphatic heterocycles. The number of amides is 2. The molecule has 184 valence electrons. The quantitative estimate of drug-likeness (QED) is 0.468. The van der Waals surface area contributed by atoms with Crippen LogP contribution in [-0.4, -0.2) is 37.0 Å². The number of halogens is 1. The first kappa shape index (κ1) is 25.7. The Hall–Kier alpha value is -3.87. The van der Waals surface area contributed by atoms with Crippen LogP contribution in [0.5, 0.6) is 11.5 Å². The maximum atomic E-state index is 13.4. The monoisotopic (exact) mass is 478 g/mol. The molecule has 0 aliphatic carbocycles. The molecule has 0 spiro atoms. The van der Waals surface area contributed by atoms with Crippen LogP contribution < -0.4 is 14.8 Å². The average Bonchev–Trinajstić information content (AvgIpc) is 2.87. The molecule has 1 N–H and O–H groups in total. The van der Waals surface area contributed by atoms with Crippen molar-refractivity contribution >= 4 is 11.8 Å². The molecular weight excluding hydrogens is 447 g/mol. The zero-order valence-corrected chi connectivity index (χ0v) is 20.5. The Labute approximate surface area is 205 Å². The maximum Gasteiger partial charge on any atom is 0.242 e. The van der Waals surface area contributed by atoms with Crippen LogP contribution in [0, 0.1) is 12.7 Å². The number of carbonyl (C=O) groups is 2. The lowest BCUT2D eigenvalue weighted by molar-refractivity contribution is -0.140. The number of hydrogen-bond acceptors (Lipinski definition) is 4. The first-order valence-electron chi connectivity index (χ1n) is 11.4. The molecule has 3 rings (SSSR count). The Bertz CT molecular complexity index is 1150. The molecule has 3 aromatic rings. The van der Waals surface area contributed by atoms with Crippen LogP contribution in [0.15, 0.2) is 66.7 Å². The Morgan fingerprint density at radius 3 is 2.11 bits per heavy atom. The van der Waals surface area contributed by atoms with Crippen LogP contribution in [0.3, 0.4) is 0 Å². The SMILES string of the molecule is COc1ccc(CC(=O)N(Cc2ccc(F)cc2)C(C)C(=O)NCc2ccc(C)cc2)cc1OC. The van der Waals surface area contributed by atoms with Crippen LogP contribution >= 0.6 is 0 Å². The third-order valence-electron chi connectivity index (χ3n) is 5.82. The zero-order chi connectivity index (χ0) is 25.4. The molecule has 2 amide bonds. The molecule has 0 bridgehead atoms. The van der Waals surface area contributed by atoms with Gasteiger partial charge in [-0.1, -0.05) is 48.0 Å². The van der Waals surface area contributed by atoms with E-state index in [-0.39, 0.29) is 30.6 Å². The molecule has 0 radical (unpaired) electrons. The van der Waals surface area contributed by atoms with Crippen molar-refractivity contribution in [1.82, 2.24) is 10.2 Å². The molecule has 0 fully saturated rings. The predicted molar refractivity (Wildman–Crippen MR) is 133 cm³/mol. The van der Waals surface area contributed by atoms with Crippen molar-refractivity contribution in [1.29, 1.82) is 0 Å². The van der Waals surface area contributed by atoms with Gasteiger partial charge >= 0.3 is 0 Å². The molecule has 0 aromatic heterocycles. The van der Waals surface area contributed by atoms with E-state index in [2.05, 4.69) is 5.32 Å². The molecule has 6 nitrogen and oxygen atoms in total. The summed E-state index contributed by atoms with van der Waals surface area (Å²) < 4.78 is 24.0. The summed E-state index contributed by atoms with van der Waals surface area (Å²) >= 11 is 0. The summed E-state index contributed by atoms with van der Waals surface area (Å²) in [5.74, 6) is 0.219. The standard InChI is InChI=1S/C28H31FN2O4/c1-19-5-7-21(8-6-19)17-30-28(33)20(2)31(18-22-9-12-24(29)13-10-22)27(32)16-23-11-14-25(34-3)26(15-23)35-4/h5-15,20H,16-18H2,1-4H3,(H,30,33). The van der Waals surface area contributed by atoms with E-state index < -0.39 is 6.04 Å². The van der Waals surface area contributed by atoms with Crippen LogP contribution in [0.4, 0.5) is 4.39 Å². The molecule has 3 aromatic carbocycles. The number of hydrogen-bond donors (Lipinski definition) is 1. The highest BCUT2D eigenvalue weighted by molar-refractivity contribution is 5.88. The fourth-order valence-electron chi connectivity index (χ4n) is 3.68. The number of aryl methyl sites for hydroxylation is 1. The lowest BCUT2D eigenvalue weighted by atomic mass is 10.1. The van der Waals surface area contributed by atoms with Crippen LogP contribution in [0.1, 0.15) is 29.2 Å². The minimum absolute atomic E-state index is 0.0666. The van der Waals surface area contributed by atoms with E-state index in [1.54, 1.807) is 44.4 Å². The third-order valence-corrected chi connectivity index (χ3v) is 5.82. The van der Waals surface area contributed by atoms with E-state index >= 15 is 0 Å². The molecule has 1 unspecified atom stereocenters. The fraction of sp³-hybridized carbons (Fsp3) is 0.286. The summed E-state index contributed by atoms with van der Waals surface area (Å²) in [4.78, 5) is 27.9. The number of nitrogens with one attached hydrogen (secondary N) is 1. The molecule has 0 saturated carbocycles. The van der Waals surface area contributed by atoms with Crippen molar-refractivity contribution in [3.8, 4) is 11.5 Å². The summed E-state index contributed by atoms with van der Waals surface area (Å²) in [6.07, 6.45) is 0.0666. The van der Waals surface area contributed by atoms with Crippen LogP contribution in [0.25, 0.3) is 0 Å². The van der Waals surface area contributed by atoms with Gasteiger partial charge in [-0.3, -0.25) is 9.59 Å². The second-order valence-corrected chi connectivity index (χ2v) is 8.39. The number of methoxy groups -OCH3 is 2. The number of ether oxygens (including phenoxy) is 2. The van der Waals surface area contributed by atoms with Crippen molar-refractivity contribution in [2.75, 3.05) is 14.2 Å². The van der Waals surface area contributed by atoms with Crippen molar-refractivity contribution in [2.45, 2.75) is 39.4 Å². The van der Waals surface area contributed by atoms with E-state index in [9.17, 15) is 14.0 Å². The van der Waals surface area contributed by atoms with Crippen molar-refractivity contribution in [2.24, 2.45) is 0 Å². The Morgan fingerprint density at radius 1 is 0.886 bits per heavy atom. The summed E-state index contributed by atoms with van der Waals surface area (Å²) in [6.45, 7) is 4.23. The molecule has 1 atom stereocenters. The predicted octanol–water partition coefficient (Wildman–Crippen LogP) is 4.43. The number of carbonyl (C=O) groups excluding carboxylic acids is 2. The minimum atomic E-state index is -0.738. The fourth-order valence-corrected chi connectivity index (χ4v) is 3.68. The van der Waals surface area contributed by atoms with Crippen LogP contribution in [0.2, 0.25) is 0 Å². The van der Waals surface area contributed by atoms with Gasteiger partial charge in [-0.15, -0.1) is 0 Å². The van der Waals surface area contributed by atoms with Crippen LogP contribution in [-0.2, 0) is 29.1 Å². The highest BCUT2D eigenvalue weighted by Crippen LogP contribution is 2.28. The van der Waals surface area contributed by atoms with Gasteiger partial charge < -0.3 is 19.7 Å². The van der Waals surface area contributed by atoms with Gasteiger partial charge in [0.1, 0.15) is 11.9 Å². The van der Waals surface area contributed by atoms with E-state index in [0.29, 0.717) is 18.0 Å². The molecular formula is C28H31FN2O4. The second kappa shape index (κ2) is 12.0. The lowest BCUT2D eigenvalue weighted by Crippen LogP contribution is -2.48. The Balaban J connectivity index is 1.77. The summed E-state index contributed by atoms with van der Waals surface area (Å²) in [7, 11) is 3.08. The van der Waals surface area contributed by atoms with Gasteiger partial charge in [0.25, 0.3) is 0 Å². The van der Waals surface area contributed by atoms with E-state index in [4.69, 9.17) is 9.47 Å². The zero-order valence-electron chi connectivity index (χ0n) is 20.5. The summed E-state index contributed by atoms with van der Waals surface area (Å²) in [5.41, 5.74) is 3.56. The topological polar surface area (TPSA) is 67.9 Å². The molecule has 7 heteroatoms. The van der Waals surface area contributed by atoms with Gasteiger partial charge in [0.15, 0.2) is 11.5 Å². The lowest BCUT2D eigenvalue weighted by Gasteiger charge is -2.29. The molecule has 0 aliphatic rings. The van der Waals surface area contributed by atoms with E-state index in [1.165, 1.54) is 24.1 Å². The third kappa shape index (κ3) is 7.06.